The Balaban J connectivity index is 2.03. The highest BCUT2D eigenvalue weighted by Gasteiger charge is 2.06. The van der Waals surface area contributed by atoms with Gasteiger partial charge in [-0.15, -0.1) is 34.4 Å². The van der Waals surface area contributed by atoms with Crippen molar-refractivity contribution in [3.05, 3.63) is 71.8 Å². The summed E-state index contributed by atoms with van der Waals surface area (Å²) >= 11 is 4.41. The number of hydrogen-bond acceptors (Lipinski definition) is 5. The highest BCUT2D eigenvalue weighted by molar-refractivity contribution is 7.98. The topological polar surface area (TPSA) is 39.1 Å². The number of benzene rings is 1. The molecule has 0 bridgehead atoms. The number of Topliss-reactive ketones (excluding diaryl/α,β-unsaturated/α-hetero) is 1. The predicted octanol–water partition coefficient (Wildman–Crippen LogP) is 2.72. The van der Waals surface area contributed by atoms with E-state index in [-0.39, 0.29) is 11.3 Å². The summed E-state index contributed by atoms with van der Waals surface area (Å²) in [7, 11) is 1.69. The largest absolute Gasteiger partial charge is 0.302 e. The SMILES string of the molecule is CSc1ccc(/C=c2\s/c(=C\C(=O)c3cccs3)n(C)c2=O)cc1. The molecule has 0 aliphatic carbocycles. The normalized spacial score (nSPS) is 12.8. The summed E-state index contributed by atoms with van der Waals surface area (Å²) in [6.45, 7) is 0. The number of aromatic nitrogens is 1. The van der Waals surface area contributed by atoms with Crippen molar-refractivity contribution in [2.45, 2.75) is 4.90 Å². The molecule has 3 aromatic rings. The van der Waals surface area contributed by atoms with Crippen LogP contribution in [0.25, 0.3) is 12.2 Å². The summed E-state index contributed by atoms with van der Waals surface area (Å²) in [6.07, 6.45) is 5.43. The van der Waals surface area contributed by atoms with Crippen molar-refractivity contribution in [3.63, 3.8) is 0 Å². The highest BCUT2D eigenvalue weighted by atomic mass is 32.2. The van der Waals surface area contributed by atoms with E-state index < -0.39 is 0 Å². The molecule has 0 atom stereocenters. The minimum Gasteiger partial charge on any atom is -0.302 e. The smallest absolute Gasteiger partial charge is 0.268 e. The summed E-state index contributed by atoms with van der Waals surface area (Å²) in [4.78, 5) is 26.5. The lowest BCUT2D eigenvalue weighted by Crippen LogP contribution is -2.29. The molecule has 0 radical (unpaired) electrons. The van der Waals surface area contributed by atoms with E-state index >= 15 is 0 Å². The van der Waals surface area contributed by atoms with E-state index in [1.165, 1.54) is 38.2 Å². The van der Waals surface area contributed by atoms with Gasteiger partial charge in [0.25, 0.3) is 5.56 Å². The molecular formula is C18H15NO2S3. The van der Waals surface area contributed by atoms with E-state index in [0.717, 1.165) is 5.56 Å². The molecule has 0 saturated carbocycles. The van der Waals surface area contributed by atoms with Crippen LogP contribution in [0.3, 0.4) is 0 Å². The Labute approximate surface area is 151 Å². The molecule has 1 aromatic carbocycles. The van der Waals surface area contributed by atoms with Crippen molar-refractivity contribution in [2.75, 3.05) is 6.26 Å². The summed E-state index contributed by atoms with van der Waals surface area (Å²) in [5.74, 6) is -0.0716. The minimum absolute atomic E-state index is 0.0716. The van der Waals surface area contributed by atoms with Gasteiger partial charge in [0.05, 0.1) is 9.41 Å². The van der Waals surface area contributed by atoms with Crippen LogP contribution in [0, 0.1) is 0 Å². The van der Waals surface area contributed by atoms with Crippen LogP contribution in [0.5, 0.6) is 0 Å². The monoisotopic (exact) mass is 373 g/mol. The average Bonchev–Trinajstić information content (AvgIpc) is 3.21. The Hall–Kier alpha value is -1.89. The molecule has 2 heterocycles. The Morgan fingerprint density at radius 3 is 2.58 bits per heavy atom. The second-order valence-corrected chi connectivity index (χ2v) is 7.96. The highest BCUT2D eigenvalue weighted by Crippen LogP contribution is 2.15. The van der Waals surface area contributed by atoms with Crippen LogP contribution in [-0.2, 0) is 7.05 Å². The van der Waals surface area contributed by atoms with E-state index in [0.29, 0.717) is 14.1 Å². The lowest BCUT2D eigenvalue weighted by molar-refractivity contribution is 0.106. The number of thioether (sulfide) groups is 1. The van der Waals surface area contributed by atoms with E-state index in [9.17, 15) is 9.59 Å². The van der Waals surface area contributed by atoms with Crippen LogP contribution in [0.15, 0.2) is 51.5 Å². The number of carbonyl (C=O) groups is 1. The molecule has 0 aliphatic rings. The summed E-state index contributed by atoms with van der Waals surface area (Å²) in [5.41, 5.74) is 0.891. The van der Waals surface area contributed by atoms with Crippen LogP contribution in [0.1, 0.15) is 15.2 Å². The third-order valence-corrected chi connectivity index (χ3v) is 6.23. The Bertz CT molecular complexity index is 1030. The van der Waals surface area contributed by atoms with Gasteiger partial charge in [0.15, 0.2) is 5.78 Å². The van der Waals surface area contributed by atoms with Crippen molar-refractivity contribution in [1.29, 1.82) is 0 Å². The minimum atomic E-state index is -0.0841. The maximum Gasteiger partial charge on any atom is 0.268 e. The lowest BCUT2D eigenvalue weighted by Gasteiger charge is -1.95. The summed E-state index contributed by atoms with van der Waals surface area (Å²) in [5, 5.41) is 1.87. The molecule has 0 amide bonds. The van der Waals surface area contributed by atoms with Crippen LogP contribution >= 0.6 is 34.4 Å². The molecule has 0 saturated heterocycles. The Morgan fingerprint density at radius 2 is 1.96 bits per heavy atom. The Morgan fingerprint density at radius 1 is 1.21 bits per heavy atom. The number of nitrogens with zero attached hydrogens (tertiary/aromatic N) is 1. The van der Waals surface area contributed by atoms with Gasteiger partial charge in [-0.05, 0) is 41.5 Å². The average molecular weight is 374 g/mol. The van der Waals surface area contributed by atoms with Gasteiger partial charge < -0.3 is 4.57 Å². The molecule has 0 aliphatic heterocycles. The summed E-state index contributed by atoms with van der Waals surface area (Å²) in [6, 6.07) is 11.7. The van der Waals surface area contributed by atoms with Gasteiger partial charge in [-0.2, -0.15) is 0 Å². The third-order valence-electron chi connectivity index (χ3n) is 3.49. The molecule has 0 spiro atoms. The fourth-order valence-electron chi connectivity index (χ4n) is 2.16. The van der Waals surface area contributed by atoms with Gasteiger partial charge in [0, 0.05) is 18.0 Å². The van der Waals surface area contributed by atoms with Gasteiger partial charge in [-0.1, -0.05) is 18.2 Å². The first-order valence-corrected chi connectivity index (χ1v) is 10.1. The van der Waals surface area contributed by atoms with Crippen LogP contribution in [-0.4, -0.2) is 16.6 Å². The van der Waals surface area contributed by atoms with Crippen molar-refractivity contribution in [3.8, 4) is 0 Å². The third kappa shape index (κ3) is 3.61. The van der Waals surface area contributed by atoms with Gasteiger partial charge >= 0.3 is 0 Å². The number of rotatable bonds is 4. The lowest BCUT2D eigenvalue weighted by atomic mass is 10.2. The van der Waals surface area contributed by atoms with Crippen molar-refractivity contribution >= 4 is 52.4 Å². The van der Waals surface area contributed by atoms with E-state index in [1.807, 2.05) is 48.0 Å². The standard InChI is InChI=1S/C18H15NO2S3/c1-19-17(11-14(20)15-4-3-9-23-15)24-16(18(19)21)10-12-5-7-13(22-2)8-6-12/h3-11H,1-2H3/b16-10-,17-11-. The molecule has 0 unspecified atom stereocenters. The number of carbonyl (C=O) groups excluding carboxylic acids is 1. The number of thiazole rings is 1. The van der Waals surface area contributed by atoms with Crippen LogP contribution < -0.4 is 14.8 Å². The predicted molar refractivity (Wildman–Crippen MR) is 104 cm³/mol. The zero-order chi connectivity index (χ0) is 17.1. The van der Waals surface area contributed by atoms with Gasteiger partial charge in [-0.3, -0.25) is 9.59 Å². The molecule has 6 heteroatoms. The second kappa shape index (κ2) is 7.34. The molecular weight excluding hydrogens is 358 g/mol. The first kappa shape index (κ1) is 17.0. The summed E-state index contributed by atoms with van der Waals surface area (Å²) < 4.78 is 2.81. The second-order valence-electron chi connectivity index (χ2n) is 5.07. The maximum absolute atomic E-state index is 12.4. The fourth-order valence-corrected chi connectivity index (χ4v) is 4.24. The van der Waals surface area contributed by atoms with E-state index in [4.69, 9.17) is 0 Å². The quantitative estimate of drug-likeness (QED) is 0.521. The van der Waals surface area contributed by atoms with Crippen molar-refractivity contribution < 1.29 is 4.79 Å². The van der Waals surface area contributed by atoms with Gasteiger partial charge in [0.1, 0.15) is 4.66 Å². The van der Waals surface area contributed by atoms with Gasteiger partial charge in [-0.25, -0.2) is 0 Å². The van der Waals surface area contributed by atoms with Crippen molar-refractivity contribution in [2.24, 2.45) is 7.05 Å². The number of hydrogen-bond donors (Lipinski definition) is 0. The van der Waals surface area contributed by atoms with Crippen LogP contribution in [0.2, 0.25) is 0 Å². The van der Waals surface area contributed by atoms with Crippen molar-refractivity contribution in [1.82, 2.24) is 4.57 Å². The first-order valence-electron chi connectivity index (χ1n) is 7.19. The molecule has 0 fully saturated rings. The number of thiophene rings is 1. The molecule has 3 nitrogen and oxygen atoms in total. The van der Waals surface area contributed by atoms with E-state index in [1.54, 1.807) is 24.9 Å². The Kier molecular flexibility index (Phi) is 5.18. The van der Waals surface area contributed by atoms with E-state index in [2.05, 4.69) is 0 Å². The van der Waals surface area contributed by atoms with Gasteiger partial charge in [0.2, 0.25) is 0 Å². The fraction of sp³-hybridized carbons (Fsp3) is 0.111. The maximum atomic E-state index is 12.4. The van der Waals surface area contributed by atoms with Crippen LogP contribution in [0.4, 0.5) is 0 Å². The first-order chi connectivity index (χ1) is 11.6. The molecule has 122 valence electrons. The number of ketones is 1. The molecule has 0 N–H and O–H groups in total. The molecule has 24 heavy (non-hydrogen) atoms. The molecule has 2 aromatic heterocycles. The zero-order valence-corrected chi connectivity index (χ0v) is 15.6. The molecule has 3 rings (SSSR count). The zero-order valence-electron chi connectivity index (χ0n) is 13.2.